The van der Waals surface area contributed by atoms with Crippen molar-refractivity contribution < 1.29 is 13.9 Å². The van der Waals surface area contributed by atoms with Gasteiger partial charge in [-0.15, -0.1) is 0 Å². The maximum Gasteiger partial charge on any atom is 0.189 e. The summed E-state index contributed by atoms with van der Waals surface area (Å²) in [6.07, 6.45) is 4.77. The van der Waals surface area contributed by atoms with Crippen LogP contribution < -0.4 is 4.74 Å². The molecule has 1 aromatic carbocycles. The summed E-state index contributed by atoms with van der Waals surface area (Å²) in [7, 11) is 1.78. The summed E-state index contributed by atoms with van der Waals surface area (Å²) in [6, 6.07) is 8.56. The van der Waals surface area contributed by atoms with Crippen LogP contribution in [-0.2, 0) is 13.7 Å². The zero-order valence-electron chi connectivity index (χ0n) is 14.2. The van der Waals surface area contributed by atoms with Gasteiger partial charge in [0.25, 0.3) is 0 Å². The Balaban J connectivity index is 1.62. The number of benzene rings is 1. The highest BCUT2D eigenvalue weighted by Gasteiger charge is 2.10. The first kappa shape index (κ1) is 18.3. The van der Waals surface area contributed by atoms with Gasteiger partial charge in [-0.2, -0.15) is 5.10 Å². The molecular weight excluding hydrogens is 375 g/mol. The van der Waals surface area contributed by atoms with Gasteiger partial charge in [0.15, 0.2) is 5.78 Å². The average Bonchev–Trinajstić information content (AvgIpc) is 3.18. The van der Waals surface area contributed by atoms with Crippen LogP contribution in [-0.4, -0.2) is 15.6 Å². The lowest BCUT2D eigenvalue weighted by atomic mass is 10.1. The molecule has 26 heavy (non-hydrogen) atoms. The van der Waals surface area contributed by atoms with Gasteiger partial charge in [-0.1, -0.05) is 23.2 Å². The normalized spacial score (nSPS) is 11.2. The summed E-state index contributed by atoms with van der Waals surface area (Å²) >= 11 is 11.9. The van der Waals surface area contributed by atoms with Gasteiger partial charge in [0.1, 0.15) is 23.9 Å². The predicted molar refractivity (Wildman–Crippen MR) is 101 cm³/mol. The summed E-state index contributed by atoms with van der Waals surface area (Å²) in [5.41, 5.74) is 1.26. The van der Waals surface area contributed by atoms with Crippen molar-refractivity contribution in [2.24, 2.45) is 7.05 Å². The molecule has 3 rings (SSSR count). The molecule has 0 saturated heterocycles. The minimum absolute atomic E-state index is 0.127. The number of rotatable bonds is 6. The Labute approximate surface area is 160 Å². The number of aryl methyl sites for hydroxylation is 2. The van der Waals surface area contributed by atoms with Crippen LogP contribution in [0.3, 0.4) is 0 Å². The zero-order chi connectivity index (χ0) is 18.7. The van der Waals surface area contributed by atoms with Crippen molar-refractivity contribution in [3.63, 3.8) is 0 Å². The fraction of sp³-hybridized carbons (Fsp3) is 0.158. The first-order chi connectivity index (χ1) is 12.4. The highest BCUT2D eigenvalue weighted by molar-refractivity contribution is 6.35. The summed E-state index contributed by atoms with van der Waals surface area (Å²) in [6.45, 7) is 2.01. The van der Waals surface area contributed by atoms with Crippen molar-refractivity contribution in [2.45, 2.75) is 13.5 Å². The van der Waals surface area contributed by atoms with E-state index in [9.17, 15) is 4.79 Å². The second-order valence-electron chi connectivity index (χ2n) is 5.67. The third-order valence-corrected chi connectivity index (χ3v) is 4.15. The number of halogens is 2. The molecule has 0 amide bonds. The molecule has 5 nitrogen and oxygen atoms in total. The van der Waals surface area contributed by atoms with Gasteiger partial charge in [0.05, 0.1) is 16.3 Å². The topological polar surface area (TPSA) is 57.3 Å². The second-order valence-corrected chi connectivity index (χ2v) is 6.51. The number of aromatic nitrogens is 2. The summed E-state index contributed by atoms with van der Waals surface area (Å²) in [4.78, 5) is 12.2. The lowest BCUT2D eigenvalue weighted by Crippen LogP contribution is -1.94. The quantitative estimate of drug-likeness (QED) is 0.433. The number of carbonyl (C=O) groups is 1. The molecule has 0 saturated carbocycles. The molecule has 0 atom stereocenters. The summed E-state index contributed by atoms with van der Waals surface area (Å²) in [5, 5.41) is 5.13. The Morgan fingerprint density at radius 2 is 2.12 bits per heavy atom. The molecule has 0 aliphatic carbocycles. The molecule has 0 unspecified atom stereocenters. The van der Waals surface area contributed by atoms with Crippen LogP contribution in [0.1, 0.15) is 27.6 Å². The Morgan fingerprint density at radius 1 is 1.31 bits per heavy atom. The number of hydrogen-bond donors (Lipinski definition) is 0. The molecule has 3 aromatic rings. The van der Waals surface area contributed by atoms with Gasteiger partial charge in [0, 0.05) is 18.3 Å². The van der Waals surface area contributed by atoms with Crippen LogP contribution in [0, 0.1) is 6.92 Å². The van der Waals surface area contributed by atoms with E-state index in [1.807, 2.05) is 0 Å². The van der Waals surface area contributed by atoms with Gasteiger partial charge >= 0.3 is 0 Å². The third kappa shape index (κ3) is 4.36. The molecule has 134 valence electrons. The number of hydrogen-bond acceptors (Lipinski definition) is 4. The predicted octanol–water partition coefficient (Wildman–Crippen LogP) is 5.10. The van der Waals surface area contributed by atoms with E-state index in [0.717, 1.165) is 0 Å². The monoisotopic (exact) mass is 390 g/mol. The van der Waals surface area contributed by atoms with Gasteiger partial charge in [-0.3, -0.25) is 9.48 Å². The first-order valence-electron chi connectivity index (χ1n) is 7.81. The van der Waals surface area contributed by atoms with Gasteiger partial charge in [-0.05, 0) is 49.4 Å². The van der Waals surface area contributed by atoms with Crippen molar-refractivity contribution in [3.8, 4) is 5.75 Å². The maximum atomic E-state index is 12.2. The largest absolute Gasteiger partial charge is 0.484 e. The number of furan rings is 1. The summed E-state index contributed by atoms with van der Waals surface area (Å²) in [5.74, 6) is 1.56. The minimum Gasteiger partial charge on any atom is -0.484 e. The number of carbonyl (C=O) groups excluding carboxylic acids is 1. The van der Waals surface area contributed by atoms with E-state index >= 15 is 0 Å². The van der Waals surface area contributed by atoms with E-state index in [-0.39, 0.29) is 12.4 Å². The maximum absolute atomic E-state index is 12.2. The second kappa shape index (κ2) is 7.81. The minimum atomic E-state index is -0.127. The fourth-order valence-electron chi connectivity index (χ4n) is 2.39. The molecule has 0 fully saturated rings. The molecule has 0 aliphatic rings. The molecule has 2 aromatic heterocycles. The Morgan fingerprint density at radius 3 is 2.81 bits per heavy atom. The van der Waals surface area contributed by atoms with Crippen molar-refractivity contribution in [1.29, 1.82) is 0 Å². The molecule has 0 radical (unpaired) electrons. The van der Waals surface area contributed by atoms with Crippen molar-refractivity contribution in [1.82, 2.24) is 9.78 Å². The van der Waals surface area contributed by atoms with Crippen molar-refractivity contribution >= 4 is 35.1 Å². The van der Waals surface area contributed by atoms with Gasteiger partial charge < -0.3 is 9.15 Å². The molecule has 7 heteroatoms. The van der Waals surface area contributed by atoms with Crippen LogP contribution >= 0.6 is 23.2 Å². The lowest BCUT2D eigenvalue weighted by molar-refractivity contribution is 0.104. The third-order valence-electron chi connectivity index (χ3n) is 3.62. The highest BCUT2D eigenvalue weighted by Crippen LogP contribution is 2.28. The summed E-state index contributed by atoms with van der Waals surface area (Å²) < 4.78 is 12.9. The van der Waals surface area contributed by atoms with Crippen LogP contribution in [0.15, 0.2) is 47.0 Å². The SMILES string of the molecule is Cc1nn(C)cc1C(=O)/C=C/c1ccc(COc2ccc(Cl)cc2Cl)o1. The van der Waals surface area contributed by atoms with Gasteiger partial charge in [0.2, 0.25) is 0 Å². The fourth-order valence-corrected chi connectivity index (χ4v) is 2.85. The van der Waals surface area contributed by atoms with E-state index < -0.39 is 0 Å². The average molecular weight is 391 g/mol. The molecule has 0 spiro atoms. The Hall–Kier alpha value is -2.50. The molecule has 0 aliphatic heterocycles. The smallest absolute Gasteiger partial charge is 0.189 e. The van der Waals surface area contributed by atoms with E-state index in [4.69, 9.17) is 32.4 Å². The standard InChI is InChI=1S/C19H16Cl2N2O3/c1-12-16(10-23(2)22-12)18(24)7-6-14-4-5-15(26-14)11-25-19-8-3-13(20)9-17(19)21/h3-10H,11H2,1-2H3/b7-6+. The van der Waals surface area contributed by atoms with Crippen LogP contribution in [0.5, 0.6) is 5.75 Å². The molecule has 0 bridgehead atoms. The molecular formula is C19H16Cl2N2O3. The Bertz CT molecular complexity index is 973. The first-order valence-corrected chi connectivity index (χ1v) is 8.57. The number of allylic oxidation sites excluding steroid dienone is 1. The van der Waals surface area contributed by atoms with E-state index in [1.54, 1.807) is 61.3 Å². The van der Waals surface area contributed by atoms with Crippen LogP contribution in [0.25, 0.3) is 6.08 Å². The van der Waals surface area contributed by atoms with E-state index in [2.05, 4.69) is 5.10 Å². The van der Waals surface area contributed by atoms with Crippen molar-refractivity contribution in [3.05, 3.63) is 75.4 Å². The van der Waals surface area contributed by atoms with Crippen LogP contribution in [0.2, 0.25) is 10.0 Å². The highest BCUT2D eigenvalue weighted by atomic mass is 35.5. The Kier molecular flexibility index (Phi) is 5.49. The molecule has 0 N–H and O–H groups in total. The van der Waals surface area contributed by atoms with Crippen molar-refractivity contribution in [2.75, 3.05) is 0 Å². The number of ether oxygens (including phenoxy) is 1. The van der Waals surface area contributed by atoms with E-state index in [0.29, 0.717) is 38.6 Å². The molecule has 2 heterocycles. The zero-order valence-corrected chi connectivity index (χ0v) is 15.7. The number of nitrogens with zero attached hydrogens (tertiary/aromatic N) is 2. The van der Waals surface area contributed by atoms with Gasteiger partial charge in [-0.25, -0.2) is 0 Å². The lowest BCUT2D eigenvalue weighted by Gasteiger charge is -2.06. The van der Waals surface area contributed by atoms with Crippen LogP contribution in [0.4, 0.5) is 0 Å². The number of ketones is 1. The van der Waals surface area contributed by atoms with E-state index in [1.165, 1.54) is 6.08 Å².